The Morgan fingerprint density at radius 1 is 1.35 bits per heavy atom. The molecule has 2 aliphatic rings. The van der Waals surface area contributed by atoms with Gasteiger partial charge in [-0.3, -0.25) is 0 Å². The van der Waals surface area contributed by atoms with Crippen LogP contribution in [0, 0.1) is 5.92 Å². The molecule has 100 valence electrons. The molecular formula is C14H28N2S. The lowest BCUT2D eigenvalue weighted by Gasteiger charge is -2.35. The molecule has 2 rings (SSSR count). The molecule has 0 aromatic heterocycles. The fourth-order valence-electron chi connectivity index (χ4n) is 2.88. The van der Waals surface area contributed by atoms with Crippen LogP contribution in [0.2, 0.25) is 0 Å². The lowest BCUT2D eigenvalue weighted by Crippen LogP contribution is -2.43. The number of piperidine rings is 1. The highest BCUT2D eigenvalue weighted by atomic mass is 32.2. The second kappa shape index (κ2) is 5.94. The monoisotopic (exact) mass is 256 g/mol. The lowest BCUT2D eigenvalue weighted by molar-refractivity contribution is 0.169. The minimum Gasteiger partial charge on any atom is -0.313 e. The number of rotatable bonds is 6. The van der Waals surface area contributed by atoms with Gasteiger partial charge in [-0.2, -0.15) is 11.8 Å². The summed E-state index contributed by atoms with van der Waals surface area (Å²) in [6.07, 6.45) is 7.87. The largest absolute Gasteiger partial charge is 0.313 e. The topological polar surface area (TPSA) is 15.3 Å². The van der Waals surface area contributed by atoms with Crippen LogP contribution in [0.5, 0.6) is 0 Å². The highest BCUT2D eigenvalue weighted by Crippen LogP contribution is 2.46. The molecule has 1 saturated heterocycles. The van der Waals surface area contributed by atoms with E-state index in [2.05, 4.69) is 42.1 Å². The molecular weight excluding hydrogens is 228 g/mol. The Bertz CT molecular complexity index is 232. The van der Waals surface area contributed by atoms with Crippen molar-refractivity contribution in [3.63, 3.8) is 0 Å². The summed E-state index contributed by atoms with van der Waals surface area (Å²) in [5, 5.41) is 3.80. The van der Waals surface area contributed by atoms with E-state index in [1.807, 2.05) is 0 Å². The summed E-state index contributed by atoms with van der Waals surface area (Å²) < 4.78 is 0.610. The molecule has 1 saturated carbocycles. The molecule has 0 aromatic rings. The average Bonchev–Trinajstić information content (AvgIpc) is 3.17. The fraction of sp³-hybridized carbons (Fsp3) is 1.00. The summed E-state index contributed by atoms with van der Waals surface area (Å²) in [5.74, 6) is 0.899. The van der Waals surface area contributed by atoms with Crippen LogP contribution in [0.1, 0.15) is 39.5 Å². The van der Waals surface area contributed by atoms with Crippen molar-refractivity contribution in [3.8, 4) is 0 Å². The van der Waals surface area contributed by atoms with Crippen LogP contribution in [0.25, 0.3) is 0 Å². The van der Waals surface area contributed by atoms with Crippen molar-refractivity contribution in [1.29, 1.82) is 0 Å². The third kappa shape index (κ3) is 3.62. The molecule has 2 nitrogen and oxygen atoms in total. The van der Waals surface area contributed by atoms with Gasteiger partial charge in [-0.05, 0) is 64.4 Å². The molecule has 17 heavy (non-hydrogen) atoms. The van der Waals surface area contributed by atoms with Crippen molar-refractivity contribution in [2.45, 2.75) is 50.3 Å². The number of hydrogen-bond donors (Lipinski definition) is 1. The standard InChI is InChI=1S/C14H28N2S/c1-4-16-9-5-13(6-10-16)12(2)15-11-14(17-3)7-8-14/h12-13,15H,4-11H2,1-3H3. The van der Waals surface area contributed by atoms with E-state index in [1.165, 1.54) is 51.9 Å². The van der Waals surface area contributed by atoms with Crippen LogP contribution in [0.4, 0.5) is 0 Å². The molecule has 0 radical (unpaired) electrons. The first-order valence-electron chi connectivity index (χ1n) is 7.20. The maximum Gasteiger partial charge on any atom is 0.0282 e. The summed E-state index contributed by atoms with van der Waals surface area (Å²) in [6.45, 7) is 9.73. The molecule has 1 heterocycles. The molecule has 1 aliphatic heterocycles. The molecule has 0 aromatic carbocycles. The summed E-state index contributed by atoms with van der Waals surface area (Å²) >= 11 is 2.06. The van der Waals surface area contributed by atoms with Crippen molar-refractivity contribution in [2.24, 2.45) is 5.92 Å². The van der Waals surface area contributed by atoms with Crippen molar-refractivity contribution >= 4 is 11.8 Å². The minimum atomic E-state index is 0.610. The Morgan fingerprint density at radius 2 is 2.00 bits per heavy atom. The smallest absolute Gasteiger partial charge is 0.0282 e. The zero-order chi connectivity index (χ0) is 12.3. The van der Waals surface area contributed by atoms with Crippen LogP contribution in [-0.4, -0.2) is 48.1 Å². The Labute approximate surface area is 111 Å². The van der Waals surface area contributed by atoms with Crippen molar-refractivity contribution in [1.82, 2.24) is 10.2 Å². The number of hydrogen-bond acceptors (Lipinski definition) is 3. The van der Waals surface area contributed by atoms with Crippen LogP contribution in [0.3, 0.4) is 0 Å². The predicted octanol–water partition coefficient (Wildman–Crippen LogP) is 2.59. The van der Waals surface area contributed by atoms with Crippen LogP contribution in [-0.2, 0) is 0 Å². The molecule has 2 fully saturated rings. The Balaban J connectivity index is 1.68. The van der Waals surface area contributed by atoms with E-state index < -0.39 is 0 Å². The Hall–Kier alpha value is 0.270. The van der Waals surface area contributed by atoms with E-state index in [0.717, 1.165) is 5.92 Å². The second-order valence-electron chi connectivity index (χ2n) is 5.83. The third-order valence-corrected chi connectivity index (χ3v) is 6.19. The van der Waals surface area contributed by atoms with Crippen molar-refractivity contribution in [3.05, 3.63) is 0 Å². The molecule has 1 N–H and O–H groups in total. The van der Waals surface area contributed by atoms with Gasteiger partial charge in [-0.25, -0.2) is 0 Å². The van der Waals surface area contributed by atoms with Crippen molar-refractivity contribution < 1.29 is 0 Å². The summed E-state index contributed by atoms with van der Waals surface area (Å²) in [6, 6.07) is 0.707. The predicted molar refractivity (Wildman–Crippen MR) is 77.8 cm³/mol. The maximum atomic E-state index is 3.80. The van der Waals surface area contributed by atoms with E-state index in [1.54, 1.807) is 0 Å². The van der Waals surface area contributed by atoms with Gasteiger partial charge in [-0.1, -0.05) is 6.92 Å². The van der Waals surface area contributed by atoms with E-state index in [-0.39, 0.29) is 0 Å². The Morgan fingerprint density at radius 3 is 2.47 bits per heavy atom. The van der Waals surface area contributed by atoms with Crippen molar-refractivity contribution in [2.75, 3.05) is 32.4 Å². The number of nitrogens with zero attached hydrogens (tertiary/aromatic N) is 1. The number of nitrogens with one attached hydrogen (secondary N) is 1. The normalized spacial score (nSPS) is 27.0. The zero-order valence-electron chi connectivity index (χ0n) is 11.7. The quantitative estimate of drug-likeness (QED) is 0.786. The van der Waals surface area contributed by atoms with Gasteiger partial charge in [0.2, 0.25) is 0 Å². The second-order valence-corrected chi connectivity index (χ2v) is 7.10. The maximum absolute atomic E-state index is 3.80. The SMILES string of the molecule is CCN1CCC(C(C)NCC2(SC)CC2)CC1. The van der Waals surface area contributed by atoms with Gasteiger partial charge in [0.1, 0.15) is 0 Å². The van der Waals surface area contributed by atoms with Gasteiger partial charge >= 0.3 is 0 Å². The van der Waals surface area contributed by atoms with Gasteiger partial charge in [0.15, 0.2) is 0 Å². The van der Waals surface area contributed by atoms with E-state index in [4.69, 9.17) is 0 Å². The van der Waals surface area contributed by atoms with Gasteiger partial charge < -0.3 is 10.2 Å². The van der Waals surface area contributed by atoms with Gasteiger partial charge in [-0.15, -0.1) is 0 Å². The van der Waals surface area contributed by atoms with Gasteiger partial charge in [0.05, 0.1) is 0 Å². The molecule has 0 spiro atoms. The Kier molecular flexibility index (Phi) is 4.79. The molecule has 1 atom stereocenters. The first-order chi connectivity index (χ1) is 8.19. The van der Waals surface area contributed by atoms with Crippen LogP contribution >= 0.6 is 11.8 Å². The first kappa shape index (κ1) is 13.7. The van der Waals surface area contributed by atoms with Crippen LogP contribution < -0.4 is 5.32 Å². The molecule has 1 unspecified atom stereocenters. The molecule has 0 amide bonds. The van der Waals surface area contributed by atoms with Gasteiger partial charge in [0, 0.05) is 17.3 Å². The third-order valence-electron chi connectivity index (χ3n) is 4.77. The summed E-state index contributed by atoms with van der Waals surface area (Å²) in [7, 11) is 0. The summed E-state index contributed by atoms with van der Waals surface area (Å²) in [5.41, 5.74) is 0. The first-order valence-corrected chi connectivity index (χ1v) is 8.42. The fourth-order valence-corrected chi connectivity index (χ4v) is 3.61. The molecule has 1 aliphatic carbocycles. The number of likely N-dealkylation sites (tertiary alicyclic amines) is 1. The zero-order valence-corrected chi connectivity index (χ0v) is 12.5. The highest BCUT2D eigenvalue weighted by Gasteiger charge is 2.41. The minimum absolute atomic E-state index is 0.610. The van der Waals surface area contributed by atoms with Gasteiger partial charge in [0.25, 0.3) is 0 Å². The lowest BCUT2D eigenvalue weighted by atomic mass is 9.90. The average molecular weight is 256 g/mol. The molecule has 0 bridgehead atoms. The molecule has 3 heteroatoms. The van der Waals surface area contributed by atoms with E-state index in [9.17, 15) is 0 Å². The van der Waals surface area contributed by atoms with E-state index in [0.29, 0.717) is 10.8 Å². The summed E-state index contributed by atoms with van der Waals surface area (Å²) in [4.78, 5) is 2.58. The highest BCUT2D eigenvalue weighted by molar-refractivity contribution is 8.00. The van der Waals surface area contributed by atoms with Crippen LogP contribution in [0.15, 0.2) is 0 Å². The van der Waals surface area contributed by atoms with E-state index >= 15 is 0 Å². The number of thioether (sulfide) groups is 1.